The van der Waals surface area contributed by atoms with Crippen LogP contribution < -0.4 is 5.32 Å². The molecule has 1 N–H and O–H groups in total. The minimum atomic E-state index is 0.433. The summed E-state index contributed by atoms with van der Waals surface area (Å²) in [7, 11) is 0. The monoisotopic (exact) mass is 211 g/mol. The number of rotatable bonds is 4. The van der Waals surface area contributed by atoms with Crippen LogP contribution in [0.4, 0.5) is 0 Å². The Morgan fingerprint density at radius 1 is 1.43 bits per heavy atom. The van der Waals surface area contributed by atoms with E-state index in [2.05, 4.69) is 50.5 Å². The lowest BCUT2D eigenvalue weighted by Gasteiger charge is -2.20. The summed E-state index contributed by atoms with van der Waals surface area (Å²) >= 11 is 1.83. The van der Waals surface area contributed by atoms with Crippen molar-refractivity contribution < 1.29 is 0 Å². The summed E-state index contributed by atoms with van der Waals surface area (Å²) in [6, 6.07) is 4.80. The third-order valence-electron chi connectivity index (χ3n) is 2.30. The molecule has 1 nitrogen and oxygen atoms in total. The van der Waals surface area contributed by atoms with Crippen molar-refractivity contribution in [2.45, 2.75) is 40.2 Å². The largest absolute Gasteiger partial charge is 0.309 e. The molecule has 0 spiro atoms. The lowest BCUT2D eigenvalue weighted by atomic mass is 9.92. The molecule has 1 rings (SSSR count). The quantitative estimate of drug-likeness (QED) is 0.798. The van der Waals surface area contributed by atoms with Gasteiger partial charge in [-0.3, -0.25) is 0 Å². The van der Waals surface area contributed by atoms with Crippen molar-refractivity contribution in [3.8, 4) is 0 Å². The lowest BCUT2D eigenvalue weighted by molar-refractivity contribution is 0.358. The van der Waals surface area contributed by atoms with E-state index in [1.54, 1.807) is 0 Å². The van der Waals surface area contributed by atoms with E-state index in [4.69, 9.17) is 0 Å². The summed E-state index contributed by atoms with van der Waals surface area (Å²) in [6.07, 6.45) is 1.22. The smallest absolute Gasteiger partial charge is 0.0386 e. The fourth-order valence-electron chi connectivity index (χ4n) is 1.30. The molecule has 2 heteroatoms. The topological polar surface area (TPSA) is 12.0 Å². The third kappa shape index (κ3) is 4.25. The maximum Gasteiger partial charge on any atom is 0.0386 e. The van der Waals surface area contributed by atoms with Gasteiger partial charge in [0, 0.05) is 10.9 Å². The van der Waals surface area contributed by atoms with Crippen LogP contribution in [0.2, 0.25) is 0 Å². The van der Waals surface area contributed by atoms with Crippen molar-refractivity contribution in [1.82, 2.24) is 5.32 Å². The predicted octanol–water partition coefficient (Wildman–Crippen LogP) is 3.83. The van der Waals surface area contributed by atoms with Crippen LogP contribution in [-0.2, 0) is 0 Å². The van der Waals surface area contributed by atoms with Crippen LogP contribution in [0.15, 0.2) is 17.5 Å². The zero-order valence-corrected chi connectivity index (χ0v) is 10.4. The Balaban J connectivity index is 2.26. The molecule has 1 aromatic heterocycles. The van der Waals surface area contributed by atoms with Crippen LogP contribution in [0, 0.1) is 5.41 Å². The molecule has 0 bridgehead atoms. The van der Waals surface area contributed by atoms with Gasteiger partial charge in [0.1, 0.15) is 0 Å². The van der Waals surface area contributed by atoms with Crippen LogP contribution in [0.25, 0.3) is 0 Å². The van der Waals surface area contributed by atoms with Gasteiger partial charge in [-0.25, -0.2) is 0 Å². The Bertz CT molecular complexity index is 246. The van der Waals surface area contributed by atoms with Crippen LogP contribution in [0.3, 0.4) is 0 Å². The predicted molar refractivity (Wildman–Crippen MR) is 64.8 cm³/mol. The van der Waals surface area contributed by atoms with E-state index < -0.39 is 0 Å². The molecular formula is C12H21NS. The minimum Gasteiger partial charge on any atom is -0.309 e. The van der Waals surface area contributed by atoms with Gasteiger partial charge in [0.05, 0.1) is 0 Å². The lowest BCUT2D eigenvalue weighted by Crippen LogP contribution is -2.23. The Morgan fingerprint density at radius 3 is 2.64 bits per heavy atom. The highest BCUT2D eigenvalue weighted by atomic mass is 32.1. The normalized spacial score (nSPS) is 14.3. The zero-order valence-electron chi connectivity index (χ0n) is 9.63. The second-order valence-electron chi connectivity index (χ2n) is 5.00. The van der Waals surface area contributed by atoms with E-state index >= 15 is 0 Å². The second-order valence-corrected chi connectivity index (χ2v) is 5.98. The van der Waals surface area contributed by atoms with Crippen molar-refractivity contribution in [3.05, 3.63) is 22.4 Å². The summed E-state index contributed by atoms with van der Waals surface area (Å²) in [6.45, 7) is 10.2. The number of thiophene rings is 1. The van der Waals surface area contributed by atoms with Gasteiger partial charge in [-0.1, -0.05) is 26.8 Å². The SMILES string of the molecule is C[C@H](NCCC(C)(C)C)c1cccs1. The van der Waals surface area contributed by atoms with E-state index in [-0.39, 0.29) is 0 Å². The average Bonchev–Trinajstić information content (AvgIpc) is 2.53. The molecule has 0 saturated carbocycles. The molecule has 1 aromatic rings. The van der Waals surface area contributed by atoms with Gasteiger partial charge in [-0.15, -0.1) is 11.3 Å². The summed E-state index contributed by atoms with van der Waals surface area (Å²) in [5.41, 5.74) is 0.433. The molecule has 0 aliphatic carbocycles. The summed E-state index contributed by atoms with van der Waals surface area (Å²) in [4.78, 5) is 1.43. The van der Waals surface area contributed by atoms with Crippen molar-refractivity contribution in [1.29, 1.82) is 0 Å². The molecule has 1 heterocycles. The van der Waals surface area contributed by atoms with E-state index in [1.807, 2.05) is 11.3 Å². The highest BCUT2D eigenvalue weighted by Gasteiger charge is 2.11. The molecule has 14 heavy (non-hydrogen) atoms. The Morgan fingerprint density at radius 2 is 2.14 bits per heavy atom. The Labute approximate surface area is 91.5 Å². The third-order valence-corrected chi connectivity index (χ3v) is 3.35. The first kappa shape index (κ1) is 11.7. The van der Waals surface area contributed by atoms with Crippen molar-refractivity contribution >= 4 is 11.3 Å². The molecule has 0 radical (unpaired) electrons. The molecule has 80 valence electrons. The summed E-state index contributed by atoms with van der Waals surface area (Å²) < 4.78 is 0. The fraction of sp³-hybridized carbons (Fsp3) is 0.667. The number of nitrogens with one attached hydrogen (secondary N) is 1. The van der Waals surface area contributed by atoms with Crippen LogP contribution in [0.1, 0.15) is 45.0 Å². The first-order valence-electron chi connectivity index (χ1n) is 5.26. The van der Waals surface area contributed by atoms with Crippen LogP contribution in [0.5, 0.6) is 0 Å². The summed E-state index contributed by atoms with van der Waals surface area (Å²) in [5.74, 6) is 0. The molecular weight excluding hydrogens is 190 g/mol. The molecule has 0 unspecified atom stereocenters. The van der Waals surface area contributed by atoms with Crippen LogP contribution in [-0.4, -0.2) is 6.54 Å². The zero-order chi connectivity index (χ0) is 10.6. The van der Waals surface area contributed by atoms with Crippen molar-refractivity contribution in [3.63, 3.8) is 0 Å². The maximum absolute atomic E-state index is 3.55. The van der Waals surface area contributed by atoms with Gasteiger partial charge in [0.15, 0.2) is 0 Å². The van der Waals surface area contributed by atoms with Gasteiger partial charge < -0.3 is 5.32 Å². The van der Waals surface area contributed by atoms with Gasteiger partial charge in [0.2, 0.25) is 0 Å². The van der Waals surface area contributed by atoms with E-state index in [1.165, 1.54) is 11.3 Å². The van der Waals surface area contributed by atoms with Crippen LogP contribution >= 0.6 is 11.3 Å². The molecule has 0 aliphatic heterocycles. The average molecular weight is 211 g/mol. The molecule has 0 saturated heterocycles. The van der Waals surface area contributed by atoms with Gasteiger partial charge >= 0.3 is 0 Å². The van der Waals surface area contributed by atoms with Gasteiger partial charge in [-0.05, 0) is 36.8 Å². The Hall–Kier alpha value is -0.340. The number of hydrogen-bond acceptors (Lipinski definition) is 2. The summed E-state index contributed by atoms with van der Waals surface area (Å²) in [5, 5.41) is 5.69. The highest BCUT2D eigenvalue weighted by Crippen LogP contribution is 2.20. The molecule has 0 fully saturated rings. The fourth-order valence-corrected chi connectivity index (χ4v) is 2.06. The first-order valence-corrected chi connectivity index (χ1v) is 6.14. The minimum absolute atomic E-state index is 0.433. The standard InChI is InChI=1S/C12H21NS/c1-10(11-6-5-9-14-11)13-8-7-12(2,3)4/h5-6,9-10,13H,7-8H2,1-4H3/t10-/m0/s1. The highest BCUT2D eigenvalue weighted by molar-refractivity contribution is 7.10. The van der Waals surface area contributed by atoms with Gasteiger partial charge in [0.25, 0.3) is 0 Å². The van der Waals surface area contributed by atoms with E-state index in [0.29, 0.717) is 11.5 Å². The molecule has 0 aliphatic rings. The van der Waals surface area contributed by atoms with E-state index in [0.717, 1.165) is 6.54 Å². The molecule has 0 aromatic carbocycles. The van der Waals surface area contributed by atoms with E-state index in [9.17, 15) is 0 Å². The second kappa shape index (κ2) is 4.94. The van der Waals surface area contributed by atoms with Crippen molar-refractivity contribution in [2.24, 2.45) is 5.41 Å². The Kier molecular flexibility index (Phi) is 4.14. The molecule has 1 atom stereocenters. The van der Waals surface area contributed by atoms with Gasteiger partial charge in [-0.2, -0.15) is 0 Å². The maximum atomic E-state index is 3.55. The van der Waals surface area contributed by atoms with Crippen molar-refractivity contribution in [2.75, 3.05) is 6.54 Å². The number of hydrogen-bond donors (Lipinski definition) is 1. The first-order chi connectivity index (χ1) is 6.49. The molecule has 0 amide bonds.